The molecule has 3 N–H and O–H groups in total. The van der Waals surface area contributed by atoms with Crippen LogP contribution in [0.2, 0.25) is 0 Å². The van der Waals surface area contributed by atoms with Gasteiger partial charge in [0.2, 0.25) is 0 Å². The Morgan fingerprint density at radius 1 is 0.857 bits per heavy atom. The zero-order valence-corrected chi connectivity index (χ0v) is 16.2. The van der Waals surface area contributed by atoms with Gasteiger partial charge in [-0.3, -0.25) is 0 Å². The number of aromatic amines is 1. The van der Waals surface area contributed by atoms with E-state index in [-0.39, 0.29) is 0 Å². The third-order valence-electron chi connectivity index (χ3n) is 5.28. The van der Waals surface area contributed by atoms with E-state index in [1.54, 1.807) is 7.11 Å². The van der Waals surface area contributed by atoms with Gasteiger partial charge in [-0.25, -0.2) is 0 Å². The maximum absolute atomic E-state index is 5.75. The summed E-state index contributed by atoms with van der Waals surface area (Å²) in [6.45, 7) is 0.724. The molecule has 0 bridgehead atoms. The number of rotatable bonds is 7. The fourth-order valence-corrected chi connectivity index (χ4v) is 3.86. The maximum Gasteiger partial charge on any atom is 0.119 e. The summed E-state index contributed by atoms with van der Waals surface area (Å²) < 4.78 is 5.48. The van der Waals surface area contributed by atoms with Gasteiger partial charge < -0.3 is 15.5 Å². The van der Waals surface area contributed by atoms with E-state index in [2.05, 4.69) is 71.7 Å². The van der Waals surface area contributed by atoms with Gasteiger partial charge in [0.1, 0.15) is 5.75 Å². The molecule has 0 unspecified atom stereocenters. The second-order valence-corrected chi connectivity index (χ2v) is 7.05. The maximum atomic E-state index is 5.75. The molecule has 4 rings (SSSR count). The van der Waals surface area contributed by atoms with Crippen LogP contribution in [-0.4, -0.2) is 18.6 Å². The predicted molar refractivity (Wildman–Crippen MR) is 118 cm³/mol. The molecule has 3 heteroatoms. The molecule has 1 aromatic heterocycles. The number of aromatic nitrogens is 1. The predicted octanol–water partition coefficient (Wildman–Crippen LogP) is 5.79. The summed E-state index contributed by atoms with van der Waals surface area (Å²) in [6.07, 6.45) is 3.08. The van der Waals surface area contributed by atoms with Crippen molar-refractivity contribution in [2.24, 2.45) is 5.73 Å². The Labute approximate surface area is 166 Å². The third-order valence-corrected chi connectivity index (χ3v) is 5.28. The Morgan fingerprint density at radius 2 is 1.61 bits per heavy atom. The Balaban J connectivity index is 1.90. The number of ether oxygens (including phenoxy) is 1. The quantitative estimate of drug-likeness (QED) is 0.404. The molecule has 28 heavy (non-hydrogen) atoms. The molecule has 0 saturated carbocycles. The molecule has 0 amide bonds. The fourth-order valence-electron chi connectivity index (χ4n) is 3.86. The van der Waals surface area contributed by atoms with Crippen molar-refractivity contribution >= 4 is 10.9 Å². The van der Waals surface area contributed by atoms with Crippen molar-refractivity contribution < 1.29 is 4.74 Å². The highest BCUT2D eigenvalue weighted by molar-refractivity contribution is 5.95. The minimum atomic E-state index is 0.724. The van der Waals surface area contributed by atoms with Gasteiger partial charge in [0.05, 0.1) is 12.8 Å². The second-order valence-electron chi connectivity index (χ2n) is 7.05. The first-order valence-corrected chi connectivity index (χ1v) is 9.85. The molecule has 0 fully saturated rings. The van der Waals surface area contributed by atoms with Crippen molar-refractivity contribution in [2.75, 3.05) is 13.7 Å². The Hall–Kier alpha value is -3.04. The van der Waals surface area contributed by atoms with Gasteiger partial charge in [-0.1, -0.05) is 54.6 Å². The van der Waals surface area contributed by atoms with Crippen molar-refractivity contribution in [1.82, 2.24) is 4.98 Å². The van der Waals surface area contributed by atoms with Crippen LogP contribution in [0, 0.1) is 0 Å². The van der Waals surface area contributed by atoms with E-state index in [9.17, 15) is 0 Å². The van der Waals surface area contributed by atoms with E-state index in [1.807, 2.05) is 6.07 Å². The van der Waals surface area contributed by atoms with Crippen LogP contribution in [-0.2, 0) is 6.42 Å². The molecule has 0 saturated heterocycles. The minimum absolute atomic E-state index is 0.724. The highest BCUT2D eigenvalue weighted by atomic mass is 16.5. The highest BCUT2D eigenvalue weighted by Gasteiger charge is 2.16. The standard InChI is InChI=1S/C25H26N2O/c1-28-19-14-15-24-23(17-19)22(13-7-8-16-26)25(27-24)21-12-6-5-11-20(21)18-9-3-2-4-10-18/h2-6,9-12,14-15,17,27H,7-8,13,16,26H2,1H3. The molecular formula is C25H26N2O. The first-order chi connectivity index (χ1) is 13.8. The highest BCUT2D eigenvalue weighted by Crippen LogP contribution is 2.38. The normalized spacial score (nSPS) is 11.1. The molecule has 0 aliphatic rings. The Morgan fingerprint density at radius 3 is 2.36 bits per heavy atom. The van der Waals surface area contributed by atoms with Gasteiger partial charge in [-0.2, -0.15) is 0 Å². The second kappa shape index (κ2) is 8.32. The van der Waals surface area contributed by atoms with Crippen LogP contribution >= 0.6 is 0 Å². The van der Waals surface area contributed by atoms with Crippen LogP contribution in [0.15, 0.2) is 72.8 Å². The summed E-state index contributed by atoms with van der Waals surface area (Å²) in [6, 6.07) is 25.4. The smallest absolute Gasteiger partial charge is 0.119 e. The SMILES string of the molecule is COc1ccc2[nH]c(-c3ccccc3-c3ccccc3)c(CCCCN)c2c1. The first kappa shape index (κ1) is 18.3. The van der Waals surface area contributed by atoms with E-state index >= 15 is 0 Å². The average Bonchev–Trinajstić information content (AvgIpc) is 3.12. The van der Waals surface area contributed by atoms with Gasteiger partial charge in [0.25, 0.3) is 0 Å². The van der Waals surface area contributed by atoms with E-state index < -0.39 is 0 Å². The first-order valence-electron chi connectivity index (χ1n) is 9.85. The van der Waals surface area contributed by atoms with Crippen LogP contribution in [0.3, 0.4) is 0 Å². The van der Waals surface area contributed by atoms with Crippen LogP contribution in [0.4, 0.5) is 0 Å². The minimum Gasteiger partial charge on any atom is -0.497 e. The average molecular weight is 370 g/mol. The van der Waals surface area contributed by atoms with Gasteiger partial charge in [0, 0.05) is 16.5 Å². The number of nitrogens with two attached hydrogens (primary N) is 1. The van der Waals surface area contributed by atoms with Gasteiger partial charge in [-0.05, 0) is 60.7 Å². The van der Waals surface area contributed by atoms with E-state index in [0.29, 0.717) is 0 Å². The van der Waals surface area contributed by atoms with Gasteiger partial charge in [-0.15, -0.1) is 0 Å². The molecular weight excluding hydrogens is 344 g/mol. The van der Waals surface area contributed by atoms with Crippen molar-refractivity contribution in [3.63, 3.8) is 0 Å². The van der Waals surface area contributed by atoms with E-state index in [1.165, 1.54) is 33.3 Å². The Bertz CT molecular complexity index is 1070. The number of unbranched alkanes of at least 4 members (excludes halogenated alkanes) is 1. The van der Waals surface area contributed by atoms with Crippen molar-refractivity contribution in [3.05, 3.63) is 78.4 Å². The molecule has 0 aliphatic heterocycles. The number of benzene rings is 3. The summed E-state index contributed by atoms with van der Waals surface area (Å²) in [5.41, 5.74) is 13.1. The monoisotopic (exact) mass is 370 g/mol. The molecule has 0 aliphatic carbocycles. The molecule has 3 aromatic carbocycles. The largest absolute Gasteiger partial charge is 0.497 e. The number of hydrogen-bond donors (Lipinski definition) is 2. The molecule has 0 radical (unpaired) electrons. The zero-order chi connectivity index (χ0) is 19.3. The van der Waals surface area contributed by atoms with Crippen molar-refractivity contribution in [1.29, 1.82) is 0 Å². The lowest BCUT2D eigenvalue weighted by Crippen LogP contribution is -1.99. The van der Waals surface area contributed by atoms with Crippen LogP contribution < -0.4 is 10.5 Å². The number of nitrogens with one attached hydrogen (secondary N) is 1. The lowest BCUT2D eigenvalue weighted by atomic mass is 9.94. The van der Waals surface area contributed by atoms with E-state index in [0.717, 1.165) is 37.1 Å². The fraction of sp³-hybridized carbons (Fsp3) is 0.200. The zero-order valence-electron chi connectivity index (χ0n) is 16.2. The summed E-state index contributed by atoms with van der Waals surface area (Å²) in [5, 5.41) is 1.23. The lowest BCUT2D eigenvalue weighted by Gasteiger charge is -2.11. The molecule has 142 valence electrons. The van der Waals surface area contributed by atoms with Gasteiger partial charge in [0.15, 0.2) is 0 Å². The molecule has 0 spiro atoms. The molecule has 0 atom stereocenters. The Kier molecular flexibility index (Phi) is 5.45. The lowest BCUT2D eigenvalue weighted by molar-refractivity contribution is 0.415. The topological polar surface area (TPSA) is 51.0 Å². The van der Waals surface area contributed by atoms with Gasteiger partial charge >= 0.3 is 0 Å². The van der Waals surface area contributed by atoms with E-state index in [4.69, 9.17) is 10.5 Å². The number of methoxy groups -OCH3 is 1. The summed E-state index contributed by atoms with van der Waals surface area (Å²) in [4.78, 5) is 3.68. The molecule has 3 nitrogen and oxygen atoms in total. The summed E-state index contributed by atoms with van der Waals surface area (Å²) >= 11 is 0. The number of H-pyrrole nitrogens is 1. The van der Waals surface area contributed by atoms with Crippen LogP contribution in [0.1, 0.15) is 18.4 Å². The van der Waals surface area contributed by atoms with Crippen molar-refractivity contribution in [3.8, 4) is 28.1 Å². The van der Waals surface area contributed by atoms with Crippen LogP contribution in [0.25, 0.3) is 33.3 Å². The van der Waals surface area contributed by atoms with Crippen molar-refractivity contribution in [2.45, 2.75) is 19.3 Å². The third kappa shape index (κ3) is 3.54. The number of fused-ring (bicyclic) bond motifs is 1. The summed E-state index contributed by atoms with van der Waals surface area (Å²) in [7, 11) is 1.72. The van der Waals surface area contributed by atoms with Crippen LogP contribution in [0.5, 0.6) is 5.75 Å². The number of hydrogen-bond acceptors (Lipinski definition) is 2. The number of aryl methyl sites for hydroxylation is 1. The molecule has 4 aromatic rings. The molecule has 1 heterocycles. The summed E-state index contributed by atoms with van der Waals surface area (Å²) in [5.74, 6) is 0.884.